The molecule has 3 aromatic rings. The lowest BCUT2D eigenvalue weighted by atomic mass is 9.94. The van der Waals surface area contributed by atoms with Crippen molar-refractivity contribution >= 4 is 23.6 Å². The Morgan fingerprint density at radius 2 is 1.06 bits per heavy atom. The van der Waals surface area contributed by atoms with Crippen LogP contribution in [0.15, 0.2) is 84.9 Å². The summed E-state index contributed by atoms with van der Waals surface area (Å²) in [4.78, 5) is 55.5. The molecule has 0 aromatic heterocycles. The van der Waals surface area contributed by atoms with E-state index in [1.807, 2.05) is 36.4 Å². The van der Waals surface area contributed by atoms with Crippen LogP contribution in [0.4, 0.5) is 0 Å². The number of unbranched alkanes of at least 4 members (excludes halogenated alkanes) is 7. The van der Waals surface area contributed by atoms with Crippen LogP contribution in [0.5, 0.6) is 0 Å². The van der Waals surface area contributed by atoms with Crippen molar-refractivity contribution in [3.05, 3.63) is 107 Å². The van der Waals surface area contributed by atoms with Gasteiger partial charge in [0.05, 0.1) is 11.8 Å². The van der Waals surface area contributed by atoms with Crippen molar-refractivity contribution in [2.24, 2.45) is 11.8 Å². The molecular weight excluding hydrogens is 624 g/mol. The first-order valence-corrected chi connectivity index (χ1v) is 18.8. The molecule has 1 saturated heterocycles. The van der Waals surface area contributed by atoms with Gasteiger partial charge in [0.15, 0.2) is 0 Å². The fraction of sp³-hybridized carbons (Fsp3) is 0.476. The highest BCUT2D eigenvalue weighted by Crippen LogP contribution is 2.42. The summed E-state index contributed by atoms with van der Waals surface area (Å²) < 4.78 is 0. The molecule has 2 aliphatic carbocycles. The molecule has 6 atom stereocenters. The lowest BCUT2D eigenvalue weighted by Gasteiger charge is -2.18. The van der Waals surface area contributed by atoms with Crippen molar-refractivity contribution in [3.8, 4) is 0 Å². The van der Waals surface area contributed by atoms with Gasteiger partial charge in [-0.25, -0.2) is 0 Å². The molecular formula is C42H52N4O4. The lowest BCUT2D eigenvalue weighted by Crippen LogP contribution is -2.43. The van der Waals surface area contributed by atoms with E-state index in [-0.39, 0.29) is 60.6 Å². The van der Waals surface area contributed by atoms with Crippen LogP contribution in [0.3, 0.4) is 0 Å². The highest BCUT2D eigenvalue weighted by Gasteiger charge is 2.48. The lowest BCUT2D eigenvalue weighted by molar-refractivity contribution is -0.133. The number of likely N-dealkylation sites (tertiary alicyclic amines) is 1. The van der Waals surface area contributed by atoms with Gasteiger partial charge in [0.25, 0.3) is 11.8 Å². The topological polar surface area (TPSA) is 108 Å². The molecule has 8 nitrogen and oxygen atoms in total. The number of benzene rings is 3. The van der Waals surface area contributed by atoms with Gasteiger partial charge in [0.2, 0.25) is 11.8 Å². The third-order valence-electron chi connectivity index (χ3n) is 10.7. The number of amides is 4. The maximum atomic E-state index is 13.7. The normalized spacial score (nSPS) is 23.6. The molecule has 1 aliphatic heterocycles. The second-order valence-corrected chi connectivity index (χ2v) is 14.5. The molecule has 50 heavy (non-hydrogen) atoms. The number of carbonyl (C=O) groups excluding carboxylic acids is 4. The monoisotopic (exact) mass is 676 g/mol. The van der Waals surface area contributed by atoms with Gasteiger partial charge in [-0.1, -0.05) is 113 Å². The summed E-state index contributed by atoms with van der Waals surface area (Å²) in [7, 11) is 0. The second kappa shape index (κ2) is 17.0. The molecule has 3 aromatic carbocycles. The highest BCUT2D eigenvalue weighted by molar-refractivity contribution is 5.99. The van der Waals surface area contributed by atoms with Gasteiger partial charge in [-0.2, -0.15) is 0 Å². The van der Waals surface area contributed by atoms with E-state index >= 15 is 0 Å². The molecule has 0 unspecified atom stereocenters. The van der Waals surface area contributed by atoms with Crippen molar-refractivity contribution < 1.29 is 19.2 Å². The number of nitrogens with one attached hydrogen (secondary N) is 3. The standard InChI is InChI=1S/C42H52N4O4/c1-2-3-4-5-6-7-8-15-24-43-39(47)31-20-22-32(23-21-31)42(50)46-27-35(40(48)44-37-25-33(37)29-16-11-9-12-17-29)36(28-46)41(49)45-38-26-34(38)30-18-13-10-14-19-30/h9-14,16-23,33-38H,2-8,15,24-28H2,1H3,(H,43,47)(H,44,48)(H,45,49)/t33-,34-,35-,36-,37+,38+/m1/s1. The van der Waals surface area contributed by atoms with Crippen LogP contribution in [-0.2, 0) is 9.59 Å². The average molecular weight is 677 g/mol. The molecule has 0 radical (unpaired) electrons. The van der Waals surface area contributed by atoms with Crippen molar-refractivity contribution in [2.45, 2.75) is 95.1 Å². The van der Waals surface area contributed by atoms with Gasteiger partial charge in [-0.05, 0) is 54.7 Å². The minimum Gasteiger partial charge on any atom is -0.352 e. The number of carbonyl (C=O) groups is 4. The molecule has 3 fully saturated rings. The van der Waals surface area contributed by atoms with Gasteiger partial charge in [-0.3, -0.25) is 19.2 Å². The summed E-state index contributed by atoms with van der Waals surface area (Å²) >= 11 is 0. The SMILES string of the molecule is CCCCCCCCCCNC(=O)c1ccc(C(=O)N2C[C@@H](C(=O)N[C@H]3C[C@@H]3c3ccccc3)[C@H](C(=O)N[C@H]3C[C@@H]3c3ccccc3)C2)cc1. The van der Waals surface area contributed by atoms with Crippen LogP contribution in [0.2, 0.25) is 0 Å². The van der Waals surface area contributed by atoms with Gasteiger partial charge in [0.1, 0.15) is 0 Å². The van der Waals surface area contributed by atoms with E-state index < -0.39 is 11.8 Å². The Balaban J connectivity index is 1.03. The van der Waals surface area contributed by atoms with Crippen LogP contribution >= 0.6 is 0 Å². The molecule has 264 valence electrons. The molecule has 4 amide bonds. The maximum Gasteiger partial charge on any atom is 0.253 e. The summed E-state index contributed by atoms with van der Waals surface area (Å²) in [6.07, 6.45) is 11.4. The number of hydrogen-bond acceptors (Lipinski definition) is 4. The fourth-order valence-electron chi connectivity index (χ4n) is 7.44. The molecule has 2 saturated carbocycles. The highest BCUT2D eigenvalue weighted by atomic mass is 16.2. The van der Waals surface area contributed by atoms with E-state index in [0.29, 0.717) is 17.7 Å². The largest absolute Gasteiger partial charge is 0.352 e. The molecule has 0 bridgehead atoms. The van der Waals surface area contributed by atoms with E-state index in [1.165, 1.54) is 49.7 Å². The second-order valence-electron chi connectivity index (χ2n) is 14.5. The van der Waals surface area contributed by atoms with Crippen LogP contribution in [0, 0.1) is 11.8 Å². The van der Waals surface area contributed by atoms with Gasteiger partial charge in [-0.15, -0.1) is 0 Å². The summed E-state index contributed by atoms with van der Waals surface area (Å²) in [5.74, 6) is -1.51. The Morgan fingerprint density at radius 1 is 0.600 bits per heavy atom. The minimum atomic E-state index is -0.647. The predicted octanol–water partition coefficient (Wildman–Crippen LogP) is 6.59. The summed E-state index contributed by atoms with van der Waals surface area (Å²) in [6, 6.07) is 27.0. The van der Waals surface area contributed by atoms with Crippen LogP contribution in [-0.4, -0.2) is 60.2 Å². The Bertz CT molecular complexity index is 1520. The first kappa shape index (κ1) is 35.4. The van der Waals surface area contributed by atoms with Gasteiger partial charge in [0, 0.05) is 54.7 Å². The first-order valence-electron chi connectivity index (χ1n) is 18.8. The number of nitrogens with zero attached hydrogens (tertiary/aromatic N) is 1. The first-order chi connectivity index (χ1) is 24.4. The quantitative estimate of drug-likeness (QED) is 0.140. The fourth-order valence-corrected chi connectivity index (χ4v) is 7.44. The summed E-state index contributed by atoms with van der Waals surface area (Å²) in [5, 5.41) is 9.37. The minimum absolute atomic E-state index is 0.0264. The Kier molecular flexibility index (Phi) is 12.0. The molecule has 6 rings (SSSR count). The summed E-state index contributed by atoms with van der Waals surface area (Å²) in [6.45, 7) is 3.19. The number of rotatable bonds is 17. The van der Waals surface area contributed by atoms with E-state index in [1.54, 1.807) is 29.2 Å². The third kappa shape index (κ3) is 9.20. The van der Waals surface area contributed by atoms with Crippen molar-refractivity contribution in [2.75, 3.05) is 19.6 Å². The van der Waals surface area contributed by atoms with Gasteiger partial charge >= 0.3 is 0 Å². The van der Waals surface area contributed by atoms with Crippen LogP contribution < -0.4 is 16.0 Å². The van der Waals surface area contributed by atoms with E-state index in [9.17, 15) is 19.2 Å². The van der Waals surface area contributed by atoms with E-state index in [4.69, 9.17) is 0 Å². The predicted molar refractivity (Wildman–Crippen MR) is 196 cm³/mol. The molecule has 3 N–H and O–H groups in total. The third-order valence-corrected chi connectivity index (χ3v) is 10.7. The average Bonchev–Trinajstić information content (AvgIpc) is 4.06. The molecule has 1 heterocycles. The summed E-state index contributed by atoms with van der Waals surface area (Å²) in [5.41, 5.74) is 3.33. The Hall–Kier alpha value is -4.46. The van der Waals surface area contributed by atoms with Gasteiger partial charge < -0.3 is 20.9 Å². The molecule has 3 aliphatic rings. The zero-order valence-electron chi connectivity index (χ0n) is 29.3. The van der Waals surface area contributed by atoms with E-state index in [2.05, 4.69) is 47.1 Å². The van der Waals surface area contributed by atoms with Crippen LogP contribution in [0.25, 0.3) is 0 Å². The van der Waals surface area contributed by atoms with Crippen LogP contribution in [0.1, 0.15) is 115 Å². The zero-order chi connectivity index (χ0) is 34.9. The molecule has 8 heteroatoms. The maximum absolute atomic E-state index is 13.7. The van der Waals surface area contributed by atoms with Crippen molar-refractivity contribution in [1.82, 2.24) is 20.9 Å². The van der Waals surface area contributed by atoms with Crippen molar-refractivity contribution in [3.63, 3.8) is 0 Å². The Labute approximate surface area is 296 Å². The molecule has 0 spiro atoms. The van der Waals surface area contributed by atoms with E-state index in [0.717, 1.165) is 25.7 Å². The number of hydrogen-bond donors (Lipinski definition) is 3. The Morgan fingerprint density at radius 3 is 1.56 bits per heavy atom. The zero-order valence-corrected chi connectivity index (χ0v) is 29.3. The smallest absolute Gasteiger partial charge is 0.253 e. The van der Waals surface area contributed by atoms with Crippen molar-refractivity contribution in [1.29, 1.82) is 0 Å².